The van der Waals surface area contributed by atoms with Gasteiger partial charge in [-0.1, -0.05) is 290 Å². The Balaban J connectivity index is 0.00000107. The maximum Gasteiger partial charge on any atom is 0.392 e. The van der Waals surface area contributed by atoms with Gasteiger partial charge in [0.1, 0.15) is 0 Å². The number of rotatable bonds is 10. The predicted octanol–water partition coefficient (Wildman–Crippen LogP) is 28.9. The van der Waals surface area contributed by atoms with Crippen molar-refractivity contribution in [2.45, 2.75) is 312 Å². The molecule has 3 fully saturated rings. The number of hydrogen-bond donors (Lipinski definition) is 0. The van der Waals surface area contributed by atoms with E-state index in [2.05, 4.69) is 289 Å². The van der Waals surface area contributed by atoms with Crippen LogP contribution in [0.15, 0.2) is 145 Å². The molecule has 546 valence electrons. The number of nitrogens with zero attached hydrogens (tertiary/aromatic N) is 3. The van der Waals surface area contributed by atoms with Crippen LogP contribution in [0.5, 0.6) is 0 Å². The van der Waals surface area contributed by atoms with Crippen LogP contribution in [-0.4, -0.2) is 40.2 Å². The van der Waals surface area contributed by atoms with Gasteiger partial charge in [0.25, 0.3) is 0 Å². The number of benzene rings is 4. The number of aryl methyl sites for hydroxylation is 5. The number of likely N-dealkylation sites (tertiary alicyclic amines) is 1. The highest BCUT2D eigenvalue weighted by molar-refractivity contribution is 5.30. The van der Waals surface area contributed by atoms with E-state index in [0.717, 1.165) is 41.3 Å². The number of allylic oxidation sites excluding steroid dienone is 2. The van der Waals surface area contributed by atoms with Crippen LogP contribution in [0, 0.1) is 70.1 Å². The molecule has 2 aromatic heterocycles. The molecule has 1 unspecified atom stereocenters. The fraction of sp³-hybridized carbons (Fsp3) is 0.604. The zero-order chi connectivity index (χ0) is 71.5. The van der Waals surface area contributed by atoms with Gasteiger partial charge in [-0.2, -0.15) is 13.2 Å². The molecular weight excluding hydrogens is 1190 g/mol. The van der Waals surface area contributed by atoms with Crippen molar-refractivity contribution in [1.82, 2.24) is 14.9 Å². The summed E-state index contributed by atoms with van der Waals surface area (Å²) in [7, 11) is 0. The van der Waals surface area contributed by atoms with Crippen molar-refractivity contribution in [2.75, 3.05) is 13.1 Å². The van der Waals surface area contributed by atoms with E-state index in [4.69, 9.17) is 0 Å². The highest BCUT2D eigenvalue weighted by Crippen LogP contribution is 2.41. The van der Waals surface area contributed by atoms with E-state index in [-0.39, 0.29) is 27.7 Å². The largest absolute Gasteiger partial charge is 0.392 e. The molecule has 3 nitrogen and oxygen atoms in total. The zero-order valence-electron chi connectivity index (χ0n) is 65.0. The lowest BCUT2D eigenvalue weighted by Crippen LogP contribution is -2.37. The maximum atomic E-state index is 12.2. The summed E-state index contributed by atoms with van der Waals surface area (Å²) in [5.74, 6) is 7.89. The molecule has 1 atom stereocenters. The molecule has 0 N–H and O–H groups in total. The second-order valence-electron chi connectivity index (χ2n) is 31.1. The molecule has 0 spiro atoms. The van der Waals surface area contributed by atoms with E-state index in [1.807, 2.05) is 33.2 Å². The molecule has 0 amide bonds. The lowest BCUT2D eigenvalue weighted by Gasteiger charge is -2.33. The van der Waals surface area contributed by atoms with Crippen molar-refractivity contribution in [2.24, 2.45) is 35.5 Å². The normalized spacial score (nSPS) is 16.8. The highest BCUT2D eigenvalue weighted by atomic mass is 19.4. The van der Waals surface area contributed by atoms with Crippen LogP contribution >= 0.6 is 0 Å². The summed E-state index contributed by atoms with van der Waals surface area (Å²) >= 11 is 0. The summed E-state index contributed by atoms with van der Waals surface area (Å²) in [6.45, 7) is 57.5. The van der Waals surface area contributed by atoms with Gasteiger partial charge >= 0.3 is 6.18 Å². The Hall–Kier alpha value is -5.33. The van der Waals surface area contributed by atoms with E-state index >= 15 is 0 Å². The van der Waals surface area contributed by atoms with E-state index in [1.165, 1.54) is 126 Å². The first-order valence-electron chi connectivity index (χ1n) is 37.2. The summed E-state index contributed by atoms with van der Waals surface area (Å²) in [4.78, 5) is 11.0. The van der Waals surface area contributed by atoms with Crippen LogP contribution in [0.25, 0.3) is 0 Å². The minimum Gasteiger partial charge on any atom is -0.301 e. The Kier molecular flexibility index (Phi) is 45.8. The maximum absolute atomic E-state index is 12.2. The predicted molar refractivity (Wildman–Crippen MR) is 425 cm³/mol. The number of hydrogen-bond acceptors (Lipinski definition) is 3. The summed E-state index contributed by atoms with van der Waals surface area (Å²) in [6.07, 6.45) is 14.2. The molecule has 1 saturated heterocycles. The molecule has 3 aliphatic carbocycles. The fourth-order valence-electron chi connectivity index (χ4n) is 11.2. The van der Waals surface area contributed by atoms with Gasteiger partial charge in [-0.3, -0.25) is 9.97 Å². The Labute approximate surface area is 598 Å². The lowest BCUT2D eigenvalue weighted by molar-refractivity contribution is -0.176. The van der Waals surface area contributed by atoms with Crippen molar-refractivity contribution in [3.05, 3.63) is 212 Å². The first-order chi connectivity index (χ1) is 44.6. The van der Waals surface area contributed by atoms with Crippen molar-refractivity contribution >= 4 is 0 Å². The SMILES string of the molecule is C.C.CC(C)C1=CCC(C(F)(F)F)CC1.CC(C)c1ccc(C2CC2)cc1.CC1CCC(C(C)C)CC1.CC1CCN(C(C)C)CC1.Cc1ccc(C(C)C)cc1.Cc1ccc(C(C)C)cc1.Cc1ccc(C(C)C)cc1.Cc1ccc(C(C)C)cn1.Cc1ccc(C(C)C)nc1. The molecule has 3 heterocycles. The van der Waals surface area contributed by atoms with Crippen LogP contribution in [0.4, 0.5) is 13.2 Å². The topological polar surface area (TPSA) is 29.0 Å². The Morgan fingerprint density at radius 3 is 1.06 bits per heavy atom. The molecule has 4 aromatic carbocycles. The molecular formula is C91H146F3N3. The van der Waals surface area contributed by atoms with Crippen LogP contribution in [0.3, 0.4) is 0 Å². The zero-order valence-corrected chi connectivity index (χ0v) is 65.0. The number of aromatic nitrogens is 2. The lowest BCUT2D eigenvalue weighted by atomic mass is 9.78. The molecule has 6 heteroatoms. The minimum atomic E-state index is -4.00. The summed E-state index contributed by atoms with van der Waals surface area (Å²) in [5, 5.41) is 0. The van der Waals surface area contributed by atoms with Crippen LogP contribution < -0.4 is 0 Å². The van der Waals surface area contributed by atoms with Gasteiger partial charge in [0.05, 0.1) is 5.92 Å². The average Bonchev–Trinajstić information content (AvgIpc) is 1.65. The molecule has 4 aliphatic rings. The van der Waals surface area contributed by atoms with E-state index < -0.39 is 12.1 Å². The van der Waals surface area contributed by atoms with Crippen molar-refractivity contribution in [3.8, 4) is 0 Å². The van der Waals surface area contributed by atoms with Crippen molar-refractivity contribution in [3.63, 3.8) is 0 Å². The van der Waals surface area contributed by atoms with Crippen LogP contribution in [0.2, 0.25) is 0 Å². The van der Waals surface area contributed by atoms with Gasteiger partial charge in [-0.15, -0.1) is 0 Å². The third kappa shape index (κ3) is 39.9. The minimum absolute atomic E-state index is 0. The van der Waals surface area contributed by atoms with Gasteiger partial charge in [0.2, 0.25) is 0 Å². The average molecular weight is 1340 g/mol. The Morgan fingerprint density at radius 2 is 0.773 bits per heavy atom. The summed E-state index contributed by atoms with van der Waals surface area (Å²) < 4.78 is 36.7. The smallest absolute Gasteiger partial charge is 0.301 e. The fourth-order valence-corrected chi connectivity index (χ4v) is 11.2. The third-order valence-corrected chi connectivity index (χ3v) is 19.2. The molecule has 2 saturated carbocycles. The summed E-state index contributed by atoms with van der Waals surface area (Å²) in [6, 6.07) is 44.4. The standard InChI is InChI=1S/C12H16.C10H15F3.C10H20.3C10H14.C9H19N.2C9H13N.2CH4/c1-9(2)10-3-5-11(6-4-10)12-7-8-12;1-7(2)8-3-5-9(6-4-8)10(11,12)13;5*1-8(2)10-6-4-9(3)5-7-10;1-7(2)9-5-4-8(3)10-6-9;1-7(2)9-5-4-8(3)6-10-9;;/h3-6,9,12H,7-8H2,1-2H3;3,7,9H,4-6H2,1-2H3;8-10H,4-7H2,1-3H3;3*4-8H,1-3H3;8-9H,4-7H2,1-3H3;2*4-7H,1-3H3;2*1H4. The van der Waals surface area contributed by atoms with E-state index in [1.54, 1.807) is 11.6 Å². The van der Waals surface area contributed by atoms with Crippen LogP contribution in [0.1, 0.15) is 332 Å². The highest BCUT2D eigenvalue weighted by Gasteiger charge is 2.39. The molecule has 0 radical (unpaired) electrons. The van der Waals surface area contributed by atoms with Gasteiger partial charge in [-0.25, -0.2) is 0 Å². The number of piperidine rings is 1. The van der Waals surface area contributed by atoms with Gasteiger partial charge in [-0.05, 0) is 241 Å². The third-order valence-electron chi connectivity index (χ3n) is 19.2. The number of halogens is 3. The number of pyridine rings is 2. The van der Waals surface area contributed by atoms with Gasteiger partial charge in [0.15, 0.2) is 0 Å². The number of alkyl halides is 3. The van der Waals surface area contributed by atoms with Crippen molar-refractivity contribution < 1.29 is 13.2 Å². The van der Waals surface area contributed by atoms with E-state index in [0.29, 0.717) is 47.8 Å². The molecule has 0 bridgehead atoms. The first kappa shape index (κ1) is 91.7. The van der Waals surface area contributed by atoms with Crippen molar-refractivity contribution in [1.29, 1.82) is 0 Å². The second-order valence-corrected chi connectivity index (χ2v) is 31.1. The molecule has 1 aliphatic heterocycles. The first-order valence-corrected chi connectivity index (χ1v) is 37.2. The molecule has 10 rings (SSSR count). The molecule has 97 heavy (non-hydrogen) atoms. The molecule has 6 aromatic rings. The van der Waals surface area contributed by atoms with Gasteiger partial charge < -0.3 is 4.90 Å². The van der Waals surface area contributed by atoms with Crippen LogP contribution in [-0.2, 0) is 0 Å². The Morgan fingerprint density at radius 1 is 0.392 bits per heavy atom. The quantitative estimate of drug-likeness (QED) is 0.128. The monoisotopic (exact) mass is 1340 g/mol. The van der Waals surface area contributed by atoms with Gasteiger partial charge in [0, 0.05) is 29.8 Å². The van der Waals surface area contributed by atoms with E-state index in [9.17, 15) is 13.2 Å². The Bertz CT molecular complexity index is 2550. The summed E-state index contributed by atoms with van der Waals surface area (Å²) in [5.41, 5.74) is 17.3. The second kappa shape index (κ2) is 48.4.